The van der Waals surface area contributed by atoms with E-state index in [2.05, 4.69) is 63.3 Å². The summed E-state index contributed by atoms with van der Waals surface area (Å²) in [5.74, 6) is 0. The standard InChI is InChI=1S/C24H24N4OS2/c1-27(2)17-8-10-18(11-9-17)30-24-25-22(29)21-19-12-13-28(14-16-6-4-3-5-7-16)15-20(19)31-23(21)26-24/h3-11H,12-15H2,1-2H3,(H,25,26,29). The van der Waals surface area contributed by atoms with E-state index < -0.39 is 0 Å². The van der Waals surface area contributed by atoms with Crippen LogP contribution in [0.15, 0.2) is 69.4 Å². The van der Waals surface area contributed by atoms with Crippen LogP contribution < -0.4 is 10.5 Å². The molecule has 0 saturated carbocycles. The highest BCUT2D eigenvalue weighted by Gasteiger charge is 2.24. The summed E-state index contributed by atoms with van der Waals surface area (Å²) in [5.41, 5.74) is 3.63. The van der Waals surface area contributed by atoms with Gasteiger partial charge in [-0.05, 0) is 41.8 Å². The Morgan fingerprint density at radius 1 is 1.13 bits per heavy atom. The maximum absolute atomic E-state index is 12.9. The Morgan fingerprint density at radius 3 is 2.65 bits per heavy atom. The molecule has 3 heterocycles. The summed E-state index contributed by atoms with van der Waals surface area (Å²) in [6, 6.07) is 18.8. The van der Waals surface area contributed by atoms with Gasteiger partial charge in [-0.2, -0.15) is 0 Å². The van der Waals surface area contributed by atoms with E-state index in [4.69, 9.17) is 4.98 Å². The molecule has 0 bridgehead atoms. The molecular formula is C24H24N4OS2. The molecule has 0 unspecified atom stereocenters. The second-order valence-electron chi connectivity index (χ2n) is 7.99. The highest BCUT2D eigenvalue weighted by Crippen LogP contribution is 2.34. The third kappa shape index (κ3) is 4.26. The average Bonchev–Trinajstić information content (AvgIpc) is 3.13. The number of aromatic amines is 1. The van der Waals surface area contributed by atoms with Crippen molar-refractivity contribution >= 4 is 39.0 Å². The van der Waals surface area contributed by atoms with Crippen molar-refractivity contribution in [3.63, 3.8) is 0 Å². The molecule has 31 heavy (non-hydrogen) atoms. The number of hydrogen-bond acceptors (Lipinski definition) is 6. The van der Waals surface area contributed by atoms with Crippen molar-refractivity contribution < 1.29 is 0 Å². The summed E-state index contributed by atoms with van der Waals surface area (Å²) in [6.45, 7) is 2.77. The van der Waals surface area contributed by atoms with Crippen LogP contribution in [0.1, 0.15) is 16.0 Å². The van der Waals surface area contributed by atoms with Crippen molar-refractivity contribution in [2.45, 2.75) is 29.6 Å². The Labute approximate surface area is 189 Å². The van der Waals surface area contributed by atoms with Crippen LogP contribution in [0.25, 0.3) is 10.2 Å². The molecule has 1 aliphatic heterocycles. The lowest BCUT2D eigenvalue weighted by Gasteiger charge is -2.26. The number of H-pyrrole nitrogens is 1. The Morgan fingerprint density at radius 2 is 1.90 bits per heavy atom. The second kappa shape index (κ2) is 8.49. The Balaban J connectivity index is 1.39. The summed E-state index contributed by atoms with van der Waals surface area (Å²) >= 11 is 3.16. The van der Waals surface area contributed by atoms with Crippen LogP contribution in [-0.4, -0.2) is 35.5 Å². The number of hydrogen-bond donors (Lipinski definition) is 1. The van der Waals surface area contributed by atoms with E-state index >= 15 is 0 Å². The first-order valence-electron chi connectivity index (χ1n) is 10.3. The number of nitrogens with one attached hydrogen (secondary N) is 1. The number of thiophene rings is 1. The predicted molar refractivity (Wildman–Crippen MR) is 129 cm³/mol. The van der Waals surface area contributed by atoms with Crippen LogP contribution in [-0.2, 0) is 19.5 Å². The first-order valence-corrected chi connectivity index (χ1v) is 12.0. The first-order chi connectivity index (χ1) is 15.1. The molecule has 0 amide bonds. The van der Waals surface area contributed by atoms with Crippen molar-refractivity contribution in [1.29, 1.82) is 0 Å². The van der Waals surface area contributed by atoms with Gasteiger partial charge in [0.25, 0.3) is 5.56 Å². The number of fused-ring (bicyclic) bond motifs is 3. The van der Waals surface area contributed by atoms with Crippen LogP contribution >= 0.6 is 23.1 Å². The number of rotatable bonds is 5. The molecule has 0 radical (unpaired) electrons. The van der Waals surface area contributed by atoms with Crippen molar-refractivity contribution in [3.05, 3.63) is 81.0 Å². The summed E-state index contributed by atoms with van der Waals surface area (Å²) < 4.78 is 0. The molecule has 7 heteroatoms. The molecule has 1 N–H and O–H groups in total. The zero-order valence-electron chi connectivity index (χ0n) is 17.6. The molecule has 5 rings (SSSR count). The lowest BCUT2D eigenvalue weighted by atomic mass is 10.0. The van der Waals surface area contributed by atoms with Crippen LogP contribution in [0.2, 0.25) is 0 Å². The van der Waals surface area contributed by atoms with Gasteiger partial charge in [-0.25, -0.2) is 4.98 Å². The minimum atomic E-state index is -0.0218. The Bertz CT molecular complexity index is 1260. The van der Waals surface area contributed by atoms with Crippen LogP contribution in [0.3, 0.4) is 0 Å². The molecule has 0 spiro atoms. The summed E-state index contributed by atoms with van der Waals surface area (Å²) in [5, 5.41) is 1.43. The van der Waals surface area contributed by atoms with Crippen molar-refractivity contribution in [3.8, 4) is 0 Å². The van der Waals surface area contributed by atoms with E-state index in [9.17, 15) is 4.79 Å². The lowest BCUT2D eigenvalue weighted by Crippen LogP contribution is -2.29. The third-order valence-electron chi connectivity index (χ3n) is 5.58. The van der Waals surface area contributed by atoms with Gasteiger partial charge in [0.05, 0.1) is 5.39 Å². The van der Waals surface area contributed by atoms with Gasteiger partial charge < -0.3 is 9.88 Å². The molecule has 0 fully saturated rings. The first kappa shape index (κ1) is 20.3. The molecule has 2 aromatic heterocycles. The molecular weight excluding hydrogens is 424 g/mol. The van der Waals surface area contributed by atoms with Crippen LogP contribution in [0.4, 0.5) is 5.69 Å². The molecule has 5 nitrogen and oxygen atoms in total. The highest BCUT2D eigenvalue weighted by atomic mass is 32.2. The zero-order chi connectivity index (χ0) is 21.4. The van der Waals surface area contributed by atoms with Gasteiger partial charge in [-0.15, -0.1) is 11.3 Å². The fraction of sp³-hybridized carbons (Fsp3) is 0.250. The number of nitrogens with zero attached hydrogens (tertiary/aromatic N) is 3. The molecule has 4 aromatic rings. The summed E-state index contributed by atoms with van der Waals surface area (Å²) in [7, 11) is 4.04. The average molecular weight is 449 g/mol. The maximum atomic E-state index is 12.9. The number of benzene rings is 2. The van der Waals surface area contributed by atoms with Gasteiger partial charge in [0.15, 0.2) is 5.16 Å². The van der Waals surface area contributed by atoms with Crippen molar-refractivity contribution in [1.82, 2.24) is 14.9 Å². The van der Waals surface area contributed by atoms with Gasteiger partial charge in [0.2, 0.25) is 0 Å². The van der Waals surface area contributed by atoms with E-state index in [0.717, 1.165) is 46.9 Å². The molecule has 0 saturated heterocycles. The SMILES string of the molecule is CN(C)c1ccc(Sc2nc3sc4c(c3c(=O)[nH]2)CCN(Cc2ccccc2)C4)cc1. The van der Waals surface area contributed by atoms with Crippen molar-refractivity contribution in [2.24, 2.45) is 0 Å². The Hall–Kier alpha value is -2.61. The normalized spacial score (nSPS) is 14.0. The minimum Gasteiger partial charge on any atom is -0.378 e. The van der Waals surface area contributed by atoms with Gasteiger partial charge in [0.1, 0.15) is 4.83 Å². The largest absolute Gasteiger partial charge is 0.378 e. The molecule has 2 aromatic carbocycles. The number of anilines is 1. The van der Waals surface area contributed by atoms with E-state index in [0.29, 0.717) is 5.16 Å². The zero-order valence-corrected chi connectivity index (χ0v) is 19.2. The number of aromatic nitrogens is 2. The molecule has 1 aliphatic rings. The highest BCUT2D eigenvalue weighted by molar-refractivity contribution is 7.99. The van der Waals surface area contributed by atoms with Gasteiger partial charge >= 0.3 is 0 Å². The van der Waals surface area contributed by atoms with E-state index in [-0.39, 0.29) is 5.56 Å². The monoisotopic (exact) mass is 448 g/mol. The molecule has 0 atom stereocenters. The van der Waals surface area contributed by atoms with E-state index in [1.54, 1.807) is 11.3 Å². The predicted octanol–water partition coefficient (Wildman–Crippen LogP) is 4.76. The molecule has 158 valence electrons. The second-order valence-corrected chi connectivity index (χ2v) is 10.1. The lowest BCUT2D eigenvalue weighted by molar-refractivity contribution is 0.249. The van der Waals surface area contributed by atoms with E-state index in [1.165, 1.54) is 27.8 Å². The summed E-state index contributed by atoms with van der Waals surface area (Å²) in [6.07, 6.45) is 0.894. The van der Waals surface area contributed by atoms with Gasteiger partial charge in [-0.1, -0.05) is 42.1 Å². The fourth-order valence-electron chi connectivity index (χ4n) is 3.98. The maximum Gasteiger partial charge on any atom is 0.260 e. The Kier molecular flexibility index (Phi) is 5.56. The minimum absolute atomic E-state index is 0.0218. The van der Waals surface area contributed by atoms with Gasteiger partial charge in [-0.3, -0.25) is 9.69 Å². The smallest absolute Gasteiger partial charge is 0.260 e. The van der Waals surface area contributed by atoms with Crippen LogP contribution in [0.5, 0.6) is 0 Å². The fourth-order valence-corrected chi connectivity index (χ4v) is 6.08. The van der Waals surface area contributed by atoms with Gasteiger partial charge in [0, 0.05) is 49.2 Å². The van der Waals surface area contributed by atoms with Crippen molar-refractivity contribution in [2.75, 3.05) is 25.5 Å². The quantitative estimate of drug-likeness (QED) is 0.446. The van der Waals surface area contributed by atoms with E-state index in [1.807, 2.05) is 20.2 Å². The third-order valence-corrected chi connectivity index (χ3v) is 7.59. The van der Waals surface area contributed by atoms with Crippen LogP contribution in [0, 0.1) is 0 Å². The molecule has 0 aliphatic carbocycles. The summed E-state index contributed by atoms with van der Waals surface area (Å²) in [4.78, 5) is 28.4. The topological polar surface area (TPSA) is 52.2 Å².